The second-order valence-electron chi connectivity index (χ2n) is 9.15. The fourth-order valence-electron chi connectivity index (χ4n) is 4.20. The first kappa shape index (κ1) is 30.3. The van der Waals surface area contributed by atoms with E-state index < -0.39 is 49.0 Å². The van der Waals surface area contributed by atoms with Gasteiger partial charge in [0.2, 0.25) is 5.71 Å². The van der Waals surface area contributed by atoms with Crippen molar-refractivity contribution < 1.29 is 44.7 Å². The number of carbonyl (C=O) groups excluding carboxylic acids is 2. The Morgan fingerprint density at radius 1 is 0.952 bits per heavy atom. The van der Waals surface area contributed by atoms with E-state index >= 15 is 0 Å². The molecule has 1 unspecified atom stereocenters. The highest BCUT2D eigenvalue weighted by molar-refractivity contribution is 6.11. The lowest BCUT2D eigenvalue weighted by Gasteiger charge is -2.20. The van der Waals surface area contributed by atoms with E-state index in [1.807, 2.05) is 5.32 Å². The minimum Gasteiger partial charge on any atom is -0.437 e. The van der Waals surface area contributed by atoms with Crippen molar-refractivity contribution in [2.24, 2.45) is 0 Å². The summed E-state index contributed by atoms with van der Waals surface area (Å²) < 4.78 is 98.4. The van der Waals surface area contributed by atoms with E-state index in [0.29, 0.717) is 0 Å². The van der Waals surface area contributed by atoms with Crippen LogP contribution in [0.2, 0.25) is 0 Å². The van der Waals surface area contributed by atoms with Crippen LogP contribution < -0.4 is 16.0 Å². The average molecular weight is 597 g/mol. The number of hydrogen-bond donors (Lipinski definition) is 3. The minimum absolute atomic E-state index is 0.000807. The lowest BCUT2D eigenvalue weighted by atomic mass is 9.99. The van der Waals surface area contributed by atoms with E-state index in [9.17, 15) is 40.3 Å². The van der Waals surface area contributed by atoms with Crippen LogP contribution in [0.5, 0.6) is 0 Å². The number of halogens is 7. The van der Waals surface area contributed by atoms with E-state index in [1.54, 1.807) is 0 Å². The van der Waals surface area contributed by atoms with Gasteiger partial charge >= 0.3 is 12.4 Å². The summed E-state index contributed by atoms with van der Waals surface area (Å²) in [5.41, 5.74) is -0.0442. The quantitative estimate of drug-likeness (QED) is 0.197. The number of nitrogens with one attached hydrogen (secondary N) is 3. The molecule has 0 radical (unpaired) electrons. The van der Waals surface area contributed by atoms with Crippen LogP contribution >= 0.6 is 0 Å². The Kier molecular flexibility index (Phi) is 8.45. The zero-order valence-electron chi connectivity index (χ0n) is 22.0. The molecule has 0 saturated heterocycles. The van der Waals surface area contributed by atoms with Gasteiger partial charge in [-0.2, -0.15) is 31.3 Å². The fourth-order valence-corrected chi connectivity index (χ4v) is 4.20. The number of nitrogens with zero attached hydrogens (tertiary/aromatic N) is 1. The van der Waals surface area contributed by atoms with Gasteiger partial charge in [-0.05, 0) is 54.4 Å². The van der Waals surface area contributed by atoms with Crippen LogP contribution in [0.25, 0.3) is 33.6 Å². The highest BCUT2D eigenvalue weighted by Crippen LogP contribution is 2.38. The Bertz CT molecular complexity index is 1610. The number of carbonyl (C=O) groups is 2. The number of amides is 2. The molecule has 0 fully saturated rings. The summed E-state index contributed by atoms with van der Waals surface area (Å²) in [7, 11) is 1.34. The maximum Gasteiger partial charge on any atom is 0.408 e. The summed E-state index contributed by atoms with van der Waals surface area (Å²) in [6.07, 6.45) is -9.76. The van der Waals surface area contributed by atoms with Crippen LogP contribution in [0, 0.1) is 5.82 Å². The third-order valence-electron chi connectivity index (χ3n) is 6.24. The molecule has 0 bridgehead atoms. The summed E-state index contributed by atoms with van der Waals surface area (Å²) in [5, 5.41) is 6.62. The summed E-state index contributed by atoms with van der Waals surface area (Å²) in [5.74, 6) is -2.60. The molecule has 14 heteroatoms. The Balaban J connectivity index is 1.89. The predicted molar refractivity (Wildman–Crippen MR) is 140 cm³/mol. The van der Waals surface area contributed by atoms with Crippen LogP contribution in [0.4, 0.5) is 36.6 Å². The molecule has 4 aromatic rings. The summed E-state index contributed by atoms with van der Waals surface area (Å²) in [6.45, 7) is -0.250. The molecule has 0 aliphatic rings. The molecule has 42 heavy (non-hydrogen) atoms. The monoisotopic (exact) mass is 596 g/mol. The van der Waals surface area contributed by atoms with Gasteiger partial charge in [0, 0.05) is 23.7 Å². The largest absolute Gasteiger partial charge is 0.437 e. The number of alkyl halides is 6. The van der Waals surface area contributed by atoms with E-state index in [1.165, 1.54) is 56.4 Å². The molecule has 7 nitrogen and oxygen atoms in total. The van der Waals surface area contributed by atoms with E-state index in [2.05, 4.69) is 15.6 Å². The third-order valence-corrected chi connectivity index (χ3v) is 6.24. The molecule has 0 saturated carbocycles. The van der Waals surface area contributed by atoms with Gasteiger partial charge in [-0.15, -0.1) is 0 Å². The Morgan fingerprint density at radius 2 is 1.64 bits per heavy atom. The number of hydrogen-bond acceptors (Lipinski definition) is 5. The highest BCUT2D eigenvalue weighted by Gasteiger charge is 2.39. The van der Waals surface area contributed by atoms with Crippen molar-refractivity contribution in [3.8, 4) is 22.5 Å². The topological polar surface area (TPSA) is 96.3 Å². The normalized spacial score (nSPS) is 12.7. The Hall–Kier alpha value is -4.62. The zero-order valence-corrected chi connectivity index (χ0v) is 22.0. The molecular formula is C28H23F7N4O3. The Labute approximate surface area is 234 Å². The van der Waals surface area contributed by atoms with Gasteiger partial charge in [0.25, 0.3) is 11.8 Å². The Morgan fingerprint density at radius 3 is 2.24 bits per heavy atom. The molecule has 1 atom stereocenters. The van der Waals surface area contributed by atoms with E-state index in [-0.39, 0.29) is 50.5 Å². The lowest BCUT2D eigenvalue weighted by Crippen LogP contribution is -2.44. The number of aromatic nitrogens is 1. The molecule has 3 N–H and O–H groups in total. The highest BCUT2D eigenvalue weighted by atomic mass is 19.4. The van der Waals surface area contributed by atoms with Gasteiger partial charge in [-0.1, -0.05) is 19.1 Å². The van der Waals surface area contributed by atoms with Crippen molar-refractivity contribution >= 4 is 28.7 Å². The van der Waals surface area contributed by atoms with Crippen molar-refractivity contribution in [1.29, 1.82) is 0 Å². The number of furan rings is 1. The number of anilines is 1. The van der Waals surface area contributed by atoms with E-state index in [4.69, 9.17) is 4.42 Å². The van der Waals surface area contributed by atoms with Gasteiger partial charge in [0.1, 0.15) is 30.0 Å². The van der Waals surface area contributed by atoms with Crippen molar-refractivity contribution in [1.82, 2.24) is 15.6 Å². The summed E-state index contributed by atoms with van der Waals surface area (Å²) >= 11 is 0. The standard InChI is InChI=1S/C28H23F7N4O3/c1-3-20(28(33,34)35)38-24(40)16-6-4-5-15(11-16)18-12-19-21(25(41)36-2)22(14-7-9-17(29)10-8-14)42-26(19)39-23(18)37-13-27(30,31)32/h4-12,20H,3,13H2,1-2H3,(H,36,41)(H,37,39)(H,38,40). The zero-order chi connectivity index (χ0) is 30.8. The molecular weight excluding hydrogens is 573 g/mol. The lowest BCUT2D eigenvalue weighted by molar-refractivity contribution is -0.153. The van der Waals surface area contributed by atoms with Crippen LogP contribution in [-0.2, 0) is 0 Å². The van der Waals surface area contributed by atoms with Crippen molar-refractivity contribution in [3.63, 3.8) is 0 Å². The SMILES string of the molecule is CCC(NC(=O)c1cccc(-c2cc3c(C(=O)NC)c(-c4ccc(F)cc4)oc3nc2NCC(F)(F)F)c1)C(F)(F)F. The number of pyridine rings is 1. The molecule has 2 amide bonds. The van der Waals surface area contributed by atoms with E-state index in [0.717, 1.165) is 12.1 Å². The fraction of sp³-hybridized carbons (Fsp3) is 0.250. The maximum absolute atomic E-state index is 13.5. The van der Waals surface area contributed by atoms with Crippen LogP contribution in [-0.4, -0.2) is 48.8 Å². The van der Waals surface area contributed by atoms with Gasteiger partial charge in [-0.3, -0.25) is 9.59 Å². The van der Waals surface area contributed by atoms with Gasteiger partial charge < -0.3 is 20.4 Å². The van der Waals surface area contributed by atoms with Crippen molar-refractivity contribution in [2.75, 3.05) is 18.9 Å². The molecule has 0 aliphatic heterocycles. The molecule has 0 aliphatic carbocycles. The first-order valence-corrected chi connectivity index (χ1v) is 12.5. The number of benzene rings is 2. The molecule has 2 aromatic heterocycles. The third kappa shape index (κ3) is 6.64. The summed E-state index contributed by atoms with van der Waals surface area (Å²) in [6, 6.07) is 9.36. The van der Waals surface area contributed by atoms with Crippen LogP contribution in [0.15, 0.2) is 59.0 Å². The molecule has 0 spiro atoms. The van der Waals surface area contributed by atoms with Crippen LogP contribution in [0.3, 0.4) is 0 Å². The maximum atomic E-state index is 13.5. The first-order chi connectivity index (χ1) is 19.7. The molecule has 2 aromatic carbocycles. The van der Waals surface area contributed by atoms with Crippen LogP contribution in [0.1, 0.15) is 34.1 Å². The predicted octanol–water partition coefficient (Wildman–Crippen LogP) is 6.71. The molecule has 2 heterocycles. The van der Waals surface area contributed by atoms with Gasteiger partial charge in [-0.25, -0.2) is 4.39 Å². The number of rotatable bonds is 8. The second kappa shape index (κ2) is 11.7. The van der Waals surface area contributed by atoms with Crippen molar-refractivity contribution in [3.05, 3.63) is 71.5 Å². The smallest absolute Gasteiger partial charge is 0.408 e. The van der Waals surface area contributed by atoms with Gasteiger partial charge in [0.15, 0.2) is 0 Å². The first-order valence-electron chi connectivity index (χ1n) is 12.5. The second-order valence-corrected chi connectivity index (χ2v) is 9.15. The number of fused-ring (bicyclic) bond motifs is 1. The summed E-state index contributed by atoms with van der Waals surface area (Å²) in [4.78, 5) is 29.8. The molecule has 4 rings (SSSR count). The minimum atomic E-state index is -4.69. The molecule has 222 valence electrons. The van der Waals surface area contributed by atoms with Crippen molar-refractivity contribution in [2.45, 2.75) is 31.7 Å². The van der Waals surface area contributed by atoms with Gasteiger partial charge in [0.05, 0.1) is 10.9 Å². The average Bonchev–Trinajstić information content (AvgIpc) is 3.31.